The van der Waals surface area contributed by atoms with Gasteiger partial charge in [-0.15, -0.1) is 0 Å². The molecule has 0 aliphatic heterocycles. The number of aldehydes is 1. The predicted molar refractivity (Wildman–Crippen MR) is 45.7 cm³/mol. The Morgan fingerprint density at radius 3 is 1.73 bits per heavy atom. The molecule has 0 bridgehead atoms. The van der Waals surface area contributed by atoms with E-state index in [2.05, 4.69) is 0 Å². The molecule has 0 saturated carbocycles. The van der Waals surface area contributed by atoms with Crippen LogP contribution in [0.15, 0.2) is 0 Å². The van der Waals surface area contributed by atoms with Gasteiger partial charge in [0.15, 0.2) is 6.29 Å². The summed E-state index contributed by atoms with van der Waals surface area (Å²) >= 11 is 0. The first-order valence-electron chi connectivity index (χ1n) is 3.33. The molecule has 0 rings (SSSR count). The van der Waals surface area contributed by atoms with Gasteiger partial charge in [-0.2, -0.15) is 0 Å². The number of hydrogen-bond donors (Lipinski definition) is 5. The van der Waals surface area contributed by atoms with Gasteiger partial charge in [-0.25, -0.2) is 0 Å². The standard InChI is InChI=1S/C6H12O6.Ca.Fe.Zn.2H/c7-1-3(9)5(11)6(12)4(10)2-8;;;;;/h1,3-6,8-12H,2H2;;;;;. The second kappa shape index (κ2) is 13.9. The maximum absolute atomic E-state index is 9.90. The fourth-order valence-electron chi connectivity index (χ4n) is 0.618. The van der Waals surface area contributed by atoms with Crippen LogP contribution in [0, 0.1) is 0 Å². The van der Waals surface area contributed by atoms with E-state index in [1.165, 1.54) is 0 Å². The van der Waals surface area contributed by atoms with Gasteiger partial charge in [0, 0.05) is 36.5 Å². The average molecular weight is 343 g/mol. The molecule has 0 aromatic heterocycles. The van der Waals surface area contributed by atoms with Crippen LogP contribution in [0.2, 0.25) is 0 Å². The Kier molecular flexibility index (Phi) is 23.8. The second-order valence-corrected chi connectivity index (χ2v) is 2.36. The van der Waals surface area contributed by atoms with Gasteiger partial charge in [0.1, 0.15) is 24.4 Å². The first-order chi connectivity index (χ1) is 5.54. The molecule has 86 valence electrons. The Morgan fingerprint density at radius 2 is 1.47 bits per heavy atom. The van der Waals surface area contributed by atoms with Crippen LogP contribution in [0.4, 0.5) is 0 Å². The number of hydrogen-bond acceptors (Lipinski definition) is 6. The molecule has 0 aromatic rings. The molecular weight excluding hydrogens is 329 g/mol. The van der Waals surface area contributed by atoms with Crippen molar-refractivity contribution >= 4 is 44.0 Å². The van der Waals surface area contributed by atoms with Crippen LogP contribution >= 0.6 is 0 Å². The largest absolute Gasteiger partial charge is 0 e. The van der Waals surface area contributed by atoms with Crippen molar-refractivity contribution in [2.75, 3.05) is 6.61 Å². The van der Waals surface area contributed by atoms with Gasteiger partial charge in [-0.3, -0.25) is 0 Å². The van der Waals surface area contributed by atoms with E-state index in [9.17, 15) is 4.79 Å². The maximum atomic E-state index is 9.90. The van der Waals surface area contributed by atoms with Crippen molar-refractivity contribution in [2.45, 2.75) is 24.4 Å². The van der Waals surface area contributed by atoms with Crippen molar-refractivity contribution in [1.82, 2.24) is 0 Å². The van der Waals surface area contributed by atoms with Gasteiger partial charge in [0.25, 0.3) is 0 Å². The first-order valence-corrected chi connectivity index (χ1v) is 3.33. The summed E-state index contributed by atoms with van der Waals surface area (Å²) in [6.07, 6.45) is -6.84. The van der Waals surface area contributed by atoms with E-state index in [4.69, 9.17) is 25.5 Å². The van der Waals surface area contributed by atoms with E-state index < -0.39 is 31.0 Å². The number of aliphatic hydroxyl groups is 5. The van der Waals surface area contributed by atoms with Crippen molar-refractivity contribution in [3.05, 3.63) is 0 Å². The summed E-state index contributed by atoms with van der Waals surface area (Å²) < 4.78 is 0. The van der Waals surface area contributed by atoms with Gasteiger partial charge in [0.2, 0.25) is 0 Å². The summed E-state index contributed by atoms with van der Waals surface area (Å²) in [5.74, 6) is 0. The molecule has 0 aliphatic rings. The Labute approximate surface area is 140 Å². The zero-order valence-corrected chi connectivity index (χ0v) is 11.4. The van der Waals surface area contributed by atoms with Gasteiger partial charge in [-0.05, 0) is 0 Å². The fraction of sp³-hybridized carbons (Fsp3) is 0.833. The van der Waals surface area contributed by atoms with Crippen molar-refractivity contribution in [3.8, 4) is 0 Å². The smallest absolute Gasteiger partial charge is 0 e. The molecule has 15 heavy (non-hydrogen) atoms. The van der Waals surface area contributed by atoms with E-state index in [0.29, 0.717) is 0 Å². The van der Waals surface area contributed by atoms with Crippen LogP contribution < -0.4 is 0 Å². The fourth-order valence-corrected chi connectivity index (χ4v) is 0.618. The molecule has 6 nitrogen and oxygen atoms in total. The predicted octanol–water partition coefficient (Wildman–Crippen LogP) is -4.30. The molecular formula is C6H14CaFeO6Zn. The molecule has 0 amide bonds. The third-order valence-electron chi connectivity index (χ3n) is 1.42. The third-order valence-corrected chi connectivity index (χ3v) is 1.42. The van der Waals surface area contributed by atoms with Crippen LogP contribution in [-0.2, 0) is 41.3 Å². The monoisotopic (exact) mass is 342 g/mol. The minimum absolute atomic E-state index is 0. The molecule has 0 aliphatic carbocycles. The van der Waals surface area contributed by atoms with Gasteiger partial charge >= 0.3 is 37.7 Å². The van der Waals surface area contributed by atoms with Crippen molar-refractivity contribution < 1.29 is 66.9 Å². The minimum atomic E-state index is -1.79. The van der Waals surface area contributed by atoms with E-state index in [1.54, 1.807) is 0 Å². The molecule has 0 saturated heterocycles. The number of carbonyl (C=O) groups excluding carboxylic acids is 1. The van der Waals surface area contributed by atoms with Crippen LogP contribution in [0.5, 0.6) is 0 Å². The second-order valence-electron chi connectivity index (χ2n) is 2.36. The van der Waals surface area contributed by atoms with Gasteiger partial charge in [-0.1, -0.05) is 0 Å². The Morgan fingerprint density at radius 1 is 1.07 bits per heavy atom. The van der Waals surface area contributed by atoms with Gasteiger partial charge in [0.05, 0.1) is 6.61 Å². The molecule has 0 heterocycles. The zero-order chi connectivity index (χ0) is 9.72. The van der Waals surface area contributed by atoms with Crippen molar-refractivity contribution in [2.24, 2.45) is 0 Å². The van der Waals surface area contributed by atoms with Gasteiger partial charge < -0.3 is 30.3 Å². The van der Waals surface area contributed by atoms with E-state index in [0.717, 1.165) is 0 Å². The molecule has 4 atom stereocenters. The number of rotatable bonds is 5. The number of carbonyl (C=O) groups is 1. The molecule has 9 heteroatoms. The molecule has 0 aromatic carbocycles. The quantitative estimate of drug-likeness (QED) is 0.255. The Balaban J connectivity index is -0.000000202. The molecule has 4 unspecified atom stereocenters. The SMILES string of the molecule is O=CC(O)C(O)C(O)C(O)CO.[CaH2].[Fe].[Zn]. The third kappa shape index (κ3) is 9.56. The van der Waals surface area contributed by atoms with Crippen LogP contribution in [-0.4, -0.2) is 101 Å². The van der Waals surface area contributed by atoms with Crippen molar-refractivity contribution in [3.63, 3.8) is 0 Å². The Bertz CT molecular complexity index is 154. The van der Waals surface area contributed by atoms with Crippen LogP contribution in [0.3, 0.4) is 0 Å². The Hall–Kier alpha value is 1.87. The molecule has 5 N–H and O–H groups in total. The summed E-state index contributed by atoms with van der Waals surface area (Å²) in [4.78, 5) is 9.90. The minimum Gasteiger partial charge on any atom is 0 e. The van der Waals surface area contributed by atoms with E-state index in [-0.39, 0.29) is 80.6 Å². The van der Waals surface area contributed by atoms with Crippen LogP contribution in [0.25, 0.3) is 0 Å². The van der Waals surface area contributed by atoms with Crippen LogP contribution in [0.1, 0.15) is 0 Å². The van der Waals surface area contributed by atoms with E-state index in [1.807, 2.05) is 0 Å². The summed E-state index contributed by atoms with van der Waals surface area (Å²) in [6.45, 7) is -0.760. The topological polar surface area (TPSA) is 118 Å². The molecule has 0 fully saturated rings. The number of aliphatic hydroxyl groups excluding tert-OH is 5. The normalized spacial score (nSPS) is 16.9. The van der Waals surface area contributed by atoms with Crippen molar-refractivity contribution in [1.29, 1.82) is 0 Å². The summed E-state index contributed by atoms with van der Waals surface area (Å²) in [5.41, 5.74) is 0. The first kappa shape index (κ1) is 25.7. The maximum Gasteiger partial charge on any atom is 0 e. The molecule has 0 radical (unpaired) electrons. The summed E-state index contributed by atoms with van der Waals surface area (Å²) in [7, 11) is 0. The molecule has 0 spiro atoms. The average Bonchev–Trinajstić information content (AvgIpc) is 2.12. The summed E-state index contributed by atoms with van der Waals surface area (Å²) in [5, 5.41) is 43.5. The summed E-state index contributed by atoms with van der Waals surface area (Å²) in [6, 6.07) is 0. The zero-order valence-electron chi connectivity index (χ0n) is 7.30. The van der Waals surface area contributed by atoms with E-state index >= 15 is 0 Å².